The third kappa shape index (κ3) is 23.5. The molecule has 1 aliphatic heterocycles. The Bertz CT molecular complexity index is 601. The van der Waals surface area contributed by atoms with Crippen LogP contribution in [-0.2, 0) is 9.47 Å². The van der Waals surface area contributed by atoms with E-state index in [2.05, 4.69) is 57.1 Å². The number of ether oxygens (including phenoxy) is 2. The van der Waals surface area contributed by atoms with E-state index in [-0.39, 0.29) is 11.9 Å². The quantitative estimate of drug-likeness (QED) is 0.0628. The van der Waals surface area contributed by atoms with Gasteiger partial charge in [0.25, 0.3) is 0 Å². The first kappa shape index (κ1) is 38.4. The highest BCUT2D eigenvalue weighted by atomic mass is 16.7. The largest absolute Gasteiger partial charge is 0.347 e. The number of likely N-dealkylation sites (N-methyl/N-ethyl adjacent to an activating group) is 1. The average molecular weight is 576 g/mol. The van der Waals surface area contributed by atoms with Crippen LogP contribution in [0.5, 0.6) is 0 Å². The van der Waals surface area contributed by atoms with Crippen LogP contribution in [0.1, 0.15) is 181 Å². The van der Waals surface area contributed by atoms with Crippen molar-refractivity contribution in [3.8, 4) is 0 Å². The fraction of sp³-hybridized carbons (Fsp3) is 0.895. The van der Waals surface area contributed by atoms with Gasteiger partial charge < -0.3 is 14.4 Å². The fourth-order valence-corrected chi connectivity index (χ4v) is 6.14. The minimum Gasteiger partial charge on any atom is -0.347 e. The Morgan fingerprint density at radius 2 is 0.951 bits per heavy atom. The van der Waals surface area contributed by atoms with Gasteiger partial charge in [0.15, 0.2) is 5.79 Å². The smallest absolute Gasteiger partial charge is 0.168 e. The van der Waals surface area contributed by atoms with E-state index in [1.165, 1.54) is 154 Å². The third-order valence-electron chi connectivity index (χ3n) is 8.68. The molecule has 1 rings (SSSR count). The maximum Gasteiger partial charge on any atom is 0.168 e. The van der Waals surface area contributed by atoms with Crippen LogP contribution in [0.3, 0.4) is 0 Å². The van der Waals surface area contributed by atoms with Crippen molar-refractivity contribution in [2.24, 2.45) is 0 Å². The highest BCUT2D eigenvalue weighted by molar-refractivity contribution is 5.02. The van der Waals surface area contributed by atoms with Gasteiger partial charge in [-0.1, -0.05) is 154 Å². The molecule has 41 heavy (non-hydrogen) atoms. The number of hydrogen-bond acceptors (Lipinski definition) is 3. The molecule has 0 bridgehead atoms. The van der Waals surface area contributed by atoms with Gasteiger partial charge in [-0.3, -0.25) is 0 Å². The van der Waals surface area contributed by atoms with E-state index in [9.17, 15) is 0 Å². The summed E-state index contributed by atoms with van der Waals surface area (Å²) in [7, 11) is 4.27. The van der Waals surface area contributed by atoms with Crippen LogP contribution >= 0.6 is 0 Å². The Kier molecular flexibility index (Phi) is 26.4. The Labute approximate surface area is 258 Å². The van der Waals surface area contributed by atoms with E-state index in [1.807, 2.05) is 0 Å². The fourth-order valence-electron chi connectivity index (χ4n) is 6.14. The standard InChI is InChI=1S/C38H73NO2/c1-5-7-9-11-13-15-17-19-21-23-25-27-29-31-33-38(40-36-37(41-38)35-39(3)4)34-32-30-28-26-24-22-20-18-16-14-12-10-8-6-2/h13,15,17,19,37H,5-12,14,16,18,20-36H2,1-4H3/b15-13-,19-17-/t37-,38?/m0/s1. The lowest BCUT2D eigenvalue weighted by Gasteiger charge is -2.29. The molecule has 0 radical (unpaired) electrons. The molecule has 3 heteroatoms. The monoisotopic (exact) mass is 576 g/mol. The van der Waals surface area contributed by atoms with Crippen LogP contribution < -0.4 is 0 Å². The molecule has 1 fully saturated rings. The topological polar surface area (TPSA) is 21.7 Å². The van der Waals surface area contributed by atoms with Gasteiger partial charge in [-0.05, 0) is 52.6 Å². The SMILES string of the molecule is CCCCC/C=C\C=C/CCCCCCCC1(CCCCCCCCCCCCCCCC)OC[C@H](CN(C)C)O1. The van der Waals surface area contributed by atoms with Crippen LogP contribution in [0.4, 0.5) is 0 Å². The zero-order valence-corrected chi connectivity index (χ0v) is 28.4. The molecule has 1 heterocycles. The summed E-state index contributed by atoms with van der Waals surface area (Å²) in [5, 5.41) is 0. The Hall–Kier alpha value is -0.640. The van der Waals surface area contributed by atoms with Gasteiger partial charge in [-0.25, -0.2) is 0 Å². The molecule has 2 atom stereocenters. The highest BCUT2D eigenvalue weighted by Gasteiger charge is 2.40. The van der Waals surface area contributed by atoms with Crippen LogP contribution in [0, 0.1) is 0 Å². The van der Waals surface area contributed by atoms with Gasteiger partial charge >= 0.3 is 0 Å². The summed E-state index contributed by atoms with van der Waals surface area (Å²) >= 11 is 0. The van der Waals surface area contributed by atoms with Crippen LogP contribution in [0.25, 0.3) is 0 Å². The second-order valence-electron chi connectivity index (χ2n) is 13.2. The summed E-state index contributed by atoms with van der Waals surface area (Å²) in [5.41, 5.74) is 0. The number of nitrogens with zero attached hydrogens (tertiary/aromatic N) is 1. The van der Waals surface area contributed by atoms with Crippen molar-refractivity contribution in [1.29, 1.82) is 0 Å². The lowest BCUT2D eigenvalue weighted by molar-refractivity contribution is -0.180. The van der Waals surface area contributed by atoms with Crippen molar-refractivity contribution in [1.82, 2.24) is 4.90 Å². The minimum atomic E-state index is -0.315. The van der Waals surface area contributed by atoms with Crippen LogP contribution in [0.15, 0.2) is 24.3 Å². The lowest BCUT2D eigenvalue weighted by atomic mass is 9.98. The molecule has 1 unspecified atom stereocenters. The normalized spacial score (nSPS) is 19.5. The molecule has 0 amide bonds. The van der Waals surface area contributed by atoms with Gasteiger partial charge in [0.2, 0.25) is 0 Å². The molecule has 1 saturated heterocycles. The minimum absolute atomic E-state index is 0.226. The Balaban J connectivity index is 2.13. The summed E-state index contributed by atoms with van der Waals surface area (Å²) in [6.45, 7) is 6.29. The number of unbranched alkanes of at least 4 members (excludes halogenated alkanes) is 21. The molecule has 1 aliphatic rings. The maximum absolute atomic E-state index is 6.61. The zero-order valence-electron chi connectivity index (χ0n) is 28.4. The molecule has 0 saturated carbocycles. The van der Waals surface area contributed by atoms with E-state index in [1.54, 1.807) is 0 Å². The predicted octanol–water partition coefficient (Wildman–Crippen LogP) is 12.0. The highest BCUT2D eigenvalue weighted by Crippen LogP contribution is 2.35. The second kappa shape index (κ2) is 28.1. The van der Waals surface area contributed by atoms with Crippen molar-refractivity contribution < 1.29 is 9.47 Å². The molecule has 0 N–H and O–H groups in total. The van der Waals surface area contributed by atoms with Crippen LogP contribution in [0.2, 0.25) is 0 Å². The molecule has 0 aromatic rings. The maximum atomic E-state index is 6.61. The number of hydrogen-bond donors (Lipinski definition) is 0. The van der Waals surface area contributed by atoms with Crippen molar-refractivity contribution >= 4 is 0 Å². The summed E-state index contributed by atoms with van der Waals surface area (Å²) < 4.78 is 13.0. The van der Waals surface area contributed by atoms with Crippen molar-refractivity contribution in [2.45, 2.75) is 193 Å². The third-order valence-corrected chi connectivity index (χ3v) is 8.68. The van der Waals surface area contributed by atoms with Crippen molar-refractivity contribution in [3.63, 3.8) is 0 Å². The van der Waals surface area contributed by atoms with Crippen molar-refractivity contribution in [2.75, 3.05) is 27.2 Å². The van der Waals surface area contributed by atoms with Gasteiger partial charge in [-0.2, -0.15) is 0 Å². The van der Waals surface area contributed by atoms with E-state index in [0.29, 0.717) is 0 Å². The molecule has 0 aromatic heterocycles. The van der Waals surface area contributed by atoms with Crippen LogP contribution in [-0.4, -0.2) is 44.0 Å². The Morgan fingerprint density at radius 1 is 0.561 bits per heavy atom. The summed E-state index contributed by atoms with van der Waals surface area (Å²) in [6.07, 6.45) is 44.1. The Morgan fingerprint density at radius 3 is 1.41 bits per heavy atom. The van der Waals surface area contributed by atoms with Crippen molar-refractivity contribution in [3.05, 3.63) is 24.3 Å². The van der Waals surface area contributed by atoms with E-state index in [0.717, 1.165) is 26.0 Å². The van der Waals surface area contributed by atoms with Gasteiger partial charge in [-0.15, -0.1) is 0 Å². The molecular weight excluding hydrogens is 502 g/mol. The van der Waals surface area contributed by atoms with Gasteiger partial charge in [0.05, 0.1) is 12.7 Å². The molecule has 0 aliphatic carbocycles. The zero-order chi connectivity index (χ0) is 29.7. The second-order valence-corrected chi connectivity index (χ2v) is 13.2. The first-order valence-corrected chi connectivity index (χ1v) is 18.4. The molecule has 0 aromatic carbocycles. The van der Waals surface area contributed by atoms with Gasteiger partial charge in [0, 0.05) is 19.4 Å². The molecule has 3 nitrogen and oxygen atoms in total. The predicted molar refractivity (Wildman–Crippen MR) is 182 cm³/mol. The number of rotatable bonds is 30. The molecular formula is C38H73NO2. The lowest BCUT2D eigenvalue weighted by Crippen LogP contribution is -2.33. The summed E-state index contributed by atoms with van der Waals surface area (Å²) in [5.74, 6) is -0.315. The first-order valence-electron chi connectivity index (χ1n) is 18.4. The molecule has 242 valence electrons. The summed E-state index contributed by atoms with van der Waals surface area (Å²) in [4.78, 5) is 2.23. The average Bonchev–Trinajstić information content (AvgIpc) is 3.35. The van der Waals surface area contributed by atoms with E-state index >= 15 is 0 Å². The summed E-state index contributed by atoms with van der Waals surface area (Å²) in [6, 6.07) is 0. The first-order chi connectivity index (χ1) is 20.1. The van der Waals surface area contributed by atoms with E-state index < -0.39 is 0 Å². The molecule has 0 spiro atoms. The van der Waals surface area contributed by atoms with Gasteiger partial charge in [0.1, 0.15) is 0 Å². The number of allylic oxidation sites excluding steroid dienone is 4. The van der Waals surface area contributed by atoms with E-state index in [4.69, 9.17) is 9.47 Å².